The normalized spacial score (nSPS) is 13.7. The molecule has 1 aromatic rings. The lowest BCUT2D eigenvalue weighted by molar-refractivity contribution is -0.461. The number of terminal acetylenes is 1. The van der Waals surface area contributed by atoms with Gasteiger partial charge in [-0.2, -0.15) is 74.6 Å². The molecule has 326 valence electrons. The highest BCUT2D eigenvalue weighted by Crippen LogP contribution is 2.64. The van der Waals surface area contributed by atoms with Crippen molar-refractivity contribution in [3.63, 3.8) is 0 Å². The van der Waals surface area contributed by atoms with E-state index in [0.29, 0.717) is 4.90 Å². The van der Waals surface area contributed by atoms with Crippen LogP contribution in [0.4, 0.5) is 85.1 Å². The number of nitrogens with one attached hydrogen (secondary N) is 2. The summed E-state index contributed by atoms with van der Waals surface area (Å²) in [6.45, 7) is -4.47. The van der Waals surface area contributed by atoms with Crippen molar-refractivity contribution in [1.29, 1.82) is 0 Å². The van der Waals surface area contributed by atoms with Gasteiger partial charge in [0.2, 0.25) is 0 Å². The second-order valence-corrected chi connectivity index (χ2v) is 11.5. The fourth-order valence-electron chi connectivity index (χ4n) is 4.23. The molecule has 0 fully saturated rings. The predicted octanol–water partition coefficient (Wildman–Crippen LogP) is 7.76. The number of carbonyl (C=O) groups is 4. The fourth-order valence-corrected chi connectivity index (χ4v) is 4.23. The van der Waals surface area contributed by atoms with Crippen LogP contribution >= 0.6 is 0 Å². The lowest BCUT2D eigenvalue weighted by Gasteiger charge is -2.42. The molecule has 0 radical (unpaired) electrons. The SMILES string of the molecule is C#CCN(CC(=O)OCCC(F)(F)C(F)(F)C(F)(F)C(F)(F)C(F)(F)C(F)(F)C(F)(F)C(F)(F)F)C(=O)c1cccc(NC(=O)N[C@@H](CCCCN=[N+]=[N-])C(=O)O)c1. The van der Waals surface area contributed by atoms with E-state index in [1.165, 1.54) is 0 Å². The fraction of sp³-hybridized carbons (Fsp3) is 0.586. The molecule has 0 saturated carbocycles. The van der Waals surface area contributed by atoms with E-state index < -0.39 is 109 Å². The van der Waals surface area contributed by atoms with Crippen molar-refractivity contribution in [2.45, 2.75) is 79.4 Å². The minimum Gasteiger partial charge on any atom is -0.480 e. The van der Waals surface area contributed by atoms with Crippen molar-refractivity contribution in [3.8, 4) is 12.3 Å². The molecule has 58 heavy (non-hydrogen) atoms. The number of alkyl halides is 17. The molecule has 0 unspecified atom stereocenters. The number of hydrogen-bond acceptors (Lipinski definition) is 6. The quantitative estimate of drug-likeness (QED) is 0.0217. The number of amides is 3. The van der Waals surface area contributed by atoms with Gasteiger partial charge < -0.3 is 25.4 Å². The summed E-state index contributed by atoms with van der Waals surface area (Å²) in [4.78, 5) is 51.9. The minimum absolute atomic E-state index is 0.0417. The molecule has 1 atom stereocenters. The Bertz CT molecular complexity index is 1750. The number of nitrogens with zero attached hydrogens (tertiary/aromatic N) is 4. The maximum absolute atomic E-state index is 14.2. The smallest absolute Gasteiger partial charge is 0.460 e. The largest absolute Gasteiger partial charge is 0.480 e. The van der Waals surface area contributed by atoms with Crippen molar-refractivity contribution < 1.29 is 104 Å². The summed E-state index contributed by atoms with van der Waals surface area (Å²) in [7, 11) is 0. The summed E-state index contributed by atoms with van der Waals surface area (Å²) in [5.41, 5.74) is 7.61. The van der Waals surface area contributed by atoms with Crippen molar-refractivity contribution in [2.24, 2.45) is 5.11 Å². The Hall–Kier alpha value is -5.42. The first kappa shape index (κ1) is 50.6. The molecule has 0 saturated heterocycles. The average Bonchev–Trinajstić information content (AvgIpc) is 3.09. The molecule has 12 nitrogen and oxygen atoms in total. The van der Waals surface area contributed by atoms with Crippen LogP contribution in [-0.4, -0.2) is 114 Å². The van der Waals surface area contributed by atoms with Crippen LogP contribution in [0.1, 0.15) is 36.0 Å². The summed E-state index contributed by atoms with van der Waals surface area (Å²) in [6.07, 6.45) is -5.51. The predicted molar refractivity (Wildman–Crippen MR) is 159 cm³/mol. The molecule has 29 heteroatoms. The lowest BCUT2D eigenvalue weighted by atomic mass is 9.88. The third-order valence-corrected chi connectivity index (χ3v) is 7.39. The lowest BCUT2D eigenvalue weighted by Crippen LogP contribution is -2.74. The number of aliphatic carboxylic acids is 1. The monoisotopic (exact) mass is 876 g/mol. The molecule has 1 aromatic carbocycles. The zero-order chi connectivity index (χ0) is 45.3. The number of unbranched alkanes of at least 4 members (excludes halogenated alkanes) is 1. The summed E-state index contributed by atoms with van der Waals surface area (Å²) >= 11 is 0. The van der Waals surface area contributed by atoms with Gasteiger partial charge >= 0.3 is 65.6 Å². The summed E-state index contributed by atoms with van der Waals surface area (Å²) < 4.78 is 233. The molecule has 3 amide bonds. The maximum Gasteiger partial charge on any atom is 0.460 e. The Morgan fingerprint density at radius 1 is 0.845 bits per heavy atom. The maximum atomic E-state index is 14.2. The van der Waals surface area contributed by atoms with E-state index in [4.69, 9.17) is 12.0 Å². The first-order valence-corrected chi connectivity index (χ1v) is 15.2. The van der Waals surface area contributed by atoms with E-state index in [9.17, 15) is 98.9 Å². The third kappa shape index (κ3) is 10.5. The standard InChI is InChI=1S/C29H25F17N6O6/c1-2-11-52(19(54)15-6-5-7-16(13-15)49-21(57)50-17(20(55)56)8-3-4-10-48-51-47)14-18(53)58-12-9-22(30,31)23(32,33)24(34,35)25(36,37)26(38,39)27(40,41)28(42,43)29(44,45)46/h1,5-7,13,17H,3-4,8-12,14H2,(H,55,56)(H2,49,50,57)/t17-/m0/s1. The highest BCUT2D eigenvalue weighted by Gasteiger charge is 2.95. The molecule has 0 aliphatic heterocycles. The molecule has 0 aromatic heterocycles. The Morgan fingerprint density at radius 2 is 1.38 bits per heavy atom. The molecule has 0 aliphatic carbocycles. The first-order chi connectivity index (χ1) is 26.2. The van der Waals surface area contributed by atoms with Crippen LogP contribution in [-0.2, 0) is 14.3 Å². The van der Waals surface area contributed by atoms with Crippen LogP contribution in [0.2, 0.25) is 0 Å². The number of anilines is 1. The minimum atomic E-state index is -8.80. The summed E-state index contributed by atoms with van der Waals surface area (Å²) in [6, 6.07) is 1.64. The molecule has 0 bridgehead atoms. The van der Waals surface area contributed by atoms with E-state index in [-0.39, 0.29) is 31.5 Å². The number of carbonyl (C=O) groups excluding carboxylic acids is 3. The van der Waals surface area contributed by atoms with Crippen molar-refractivity contribution in [2.75, 3.05) is 31.6 Å². The number of benzene rings is 1. The molecule has 0 spiro atoms. The number of hydrogen-bond donors (Lipinski definition) is 3. The van der Waals surface area contributed by atoms with Crippen LogP contribution in [0.5, 0.6) is 0 Å². The van der Waals surface area contributed by atoms with Gasteiger partial charge in [0.05, 0.1) is 19.6 Å². The topological polar surface area (TPSA) is 174 Å². The Labute approximate surface area is 312 Å². The van der Waals surface area contributed by atoms with E-state index in [0.717, 1.165) is 24.3 Å². The number of rotatable bonds is 21. The average molecular weight is 877 g/mol. The molecule has 3 N–H and O–H groups in total. The van der Waals surface area contributed by atoms with Gasteiger partial charge in [-0.1, -0.05) is 23.5 Å². The number of halogens is 17. The molecular formula is C29H25F17N6O6. The number of carboxylic acids is 1. The summed E-state index contributed by atoms with van der Waals surface area (Å²) in [5.74, 6) is -60.6. The zero-order valence-corrected chi connectivity index (χ0v) is 28.3. The molecule has 1 rings (SSSR count). The first-order valence-electron chi connectivity index (χ1n) is 15.2. The van der Waals surface area contributed by atoms with Gasteiger partial charge in [0.1, 0.15) is 12.6 Å². The van der Waals surface area contributed by atoms with Crippen molar-refractivity contribution in [3.05, 3.63) is 40.3 Å². The van der Waals surface area contributed by atoms with Crippen molar-refractivity contribution >= 4 is 29.6 Å². The second-order valence-electron chi connectivity index (χ2n) is 11.5. The second kappa shape index (κ2) is 18.4. The molecule has 0 heterocycles. The highest BCUT2D eigenvalue weighted by atomic mass is 19.4. The van der Waals surface area contributed by atoms with Crippen LogP contribution in [0, 0.1) is 12.3 Å². The van der Waals surface area contributed by atoms with Gasteiger partial charge in [0, 0.05) is 22.7 Å². The zero-order valence-electron chi connectivity index (χ0n) is 28.3. The Kier molecular flexibility index (Phi) is 16.1. The van der Waals surface area contributed by atoms with Crippen LogP contribution < -0.4 is 10.6 Å². The number of esters is 1. The Balaban J connectivity index is 3.09. The number of urea groups is 1. The number of carboxylic acid groups (broad SMARTS) is 1. The van der Waals surface area contributed by atoms with Gasteiger partial charge in [-0.3, -0.25) is 9.59 Å². The van der Waals surface area contributed by atoms with Crippen LogP contribution in [0.15, 0.2) is 29.4 Å². The number of azide groups is 1. The van der Waals surface area contributed by atoms with E-state index >= 15 is 0 Å². The van der Waals surface area contributed by atoms with Gasteiger partial charge in [-0.05, 0) is 36.6 Å². The van der Waals surface area contributed by atoms with Crippen molar-refractivity contribution in [1.82, 2.24) is 10.2 Å². The van der Waals surface area contributed by atoms with Crippen LogP contribution in [0.25, 0.3) is 10.4 Å². The van der Waals surface area contributed by atoms with Gasteiger partial charge in [0.15, 0.2) is 0 Å². The number of ether oxygens (including phenoxy) is 1. The van der Waals surface area contributed by atoms with Crippen LogP contribution in [0.3, 0.4) is 0 Å². The molecular weight excluding hydrogens is 851 g/mol. The van der Waals surface area contributed by atoms with Gasteiger partial charge in [-0.25, -0.2) is 9.59 Å². The Morgan fingerprint density at radius 3 is 1.88 bits per heavy atom. The molecule has 0 aliphatic rings. The summed E-state index contributed by atoms with van der Waals surface area (Å²) in [5, 5.41) is 16.9. The van der Waals surface area contributed by atoms with Gasteiger partial charge in [-0.15, -0.1) is 6.42 Å². The van der Waals surface area contributed by atoms with Gasteiger partial charge in [0.25, 0.3) is 5.91 Å². The van der Waals surface area contributed by atoms with E-state index in [2.05, 4.69) is 25.4 Å². The highest BCUT2D eigenvalue weighted by molar-refractivity contribution is 5.98. The third-order valence-electron chi connectivity index (χ3n) is 7.39. The van der Waals surface area contributed by atoms with E-state index in [1.807, 2.05) is 5.92 Å². The van der Waals surface area contributed by atoms with E-state index in [1.54, 1.807) is 0 Å².